The van der Waals surface area contributed by atoms with Crippen LogP contribution in [0.25, 0.3) is 0 Å². The largest absolute Gasteiger partial charge is 0.691 e. The number of carboxylic acid groups (broad SMARTS) is 1. The zero-order chi connectivity index (χ0) is 23.6. The summed E-state index contributed by atoms with van der Waals surface area (Å²) in [6, 6.07) is 0. The third-order valence-electron chi connectivity index (χ3n) is 4.99. The van der Waals surface area contributed by atoms with Crippen LogP contribution in [-0.2, 0) is 57.4 Å². The molecule has 0 unspecified atom stereocenters. The predicted molar refractivity (Wildman–Crippen MR) is 141 cm³/mol. The molecular formula is C24H50O4PS2Zn-. The van der Waals surface area contributed by atoms with Gasteiger partial charge in [-0.05, 0) is 19.3 Å². The van der Waals surface area contributed by atoms with Gasteiger partial charge in [0.2, 0.25) is 0 Å². The van der Waals surface area contributed by atoms with Crippen LogP contribution in [-0.4, -0.2) is 24.3 Å². The average Bonchev–Trinajstić information content (AvgIpc) is 2.72. The molecule has 0 fully saturated rings. The van der Waals surface area contributed by atoms with Crippen molar-refractivity contribution in [3.8, 4) is 0 Å². The van der Waals surface area contributed by atoms with Gasteiger partial charge in [-0.3, -0.25) is 4.79 Å². The molecule has 0 atom stereocenters. The summed E-state index contributed by atoms with van der Waals surface area (Å²) in [6.07, 6.45) is 20.9. The Labute approximate surface area is 222 Å². The Hall–Kier alpha value is 1.01. The topological polar surface area (TPSA) is 55.8 Å². The second-order valence-electron chi connectivity index (χ2n) is 8.21. The van der Waals surface area contributed by atoms with E-state index in [1.807, 2.05) is 0 Å². The molecule has 0 heterocycles. The van der Waals surface area contributed by atoms with Crippen molar-refractivity contribution >= 4 is 35.7 Å². The number of hydrogen-bond donors (Lipinski definition) is 1. The summed E-state index contributed by atoms with van der Waals surface area (Å²) in [4.78, 5) is 10.0. The van der Waals surface area contributed by atoms with Crippen molar-refractivity contribution in [1.29, 1.82) is 0 Å². The van der Waals surface area contributed by atoms with Crippen molar-refractivity contribution in [1.82, 2.24) is 0 Å². The minimum atomic E-state index is -2.40. The number of carboxylic acids is 1. The maximum absolute atomic E-state index is 10.0. The summed E-state index contributed by atoms with van der Waals surface area (Å²) in [5.74, 6) is -0.670. The zero-order valence-corrected chi connectivity index (χ0v) is 26.8. The van der Waals surface area contributed by atoms with Crippen LogP contribution in [0, 0.1) is 0 Å². The van der Waals surface area contributed by atoms with E-state index in [0.717, 1.165) is 25.7 Å². The molecule has 32 heavy (non-hydrogen) atoms. The summed E-state index contributed by atoms with van der Waals surface area (Å²) < 4.78 is 11.2. The van der Waals surface area contributed by atoms with Gasteiger partial charge in [-0.25, -0.2) is 0 Å². The molecule has 0 aliphatic carbocycles. The van der Waals surface area contributed by atoms with Gasteiger partial charge in [0.15, 0.2) is 0 Å². The van der Waals surface area contributed by atoms with Gasteiger partial charge < -0.3 is 26.4 Å². The number of rotatable bonds is 22. The molecule has 0 aliphatic rings. The van der Waals surface area contributed by atoms with Gasteiger partial charge in [0.1, 0.15) is 0 Å². The normalized spacial score (nSPS) is 10.9. The SMILES string of the molecule is CCCCCCCC(=O)O.CCCCCCCCOP(=S)([S-])OCCCCCCCC.[Zn]. The Kier molecular flexibility index (Phi) is 35.3. The fourth-order valence-electron chi connectivity index (χ4n) is 3.03. The Bertz CT molecular complexity index is 407. The Balaban J connectivity index is -0.000000646. The van der Waals surface area contributed by atoms with Crippen LogP contribution in [0.2, 0.25) is 0 Å². The molecule has 0 aromatic carbocycles. The van der Waals surface area contributed by atoms with E-state index in [-0.39, 0.29) is 19.5 Å². The van der Waals surface area contributed by atoms with E-state index < -0.39 is 11.7 Å². The van der Waals surface area contributed by atoms with E-state index in [1.54, 1.807) is 0 Å². The first-order valence-corrected chi connectivity index (χ1v) is 16.4. The van der Waals surface area contributed by atoms with Gasteiger partial charge in [0.05, 0.1) is 18.9 Å². The average molecular weight is 563 g/mol. The van der Waals surface area contributed by atoms with Crippen molar-refractivity contribution in [2.45, 2.75) is 136 Å². The summed E-state index contributed by atoms with van der Waals surface area (Å²) >= 11 is 10.5. The van der Waals surface area contributed by atoms with Crippen molar-refractivity contribution < 1.29 is 38.4 Å². The van der Waals surface area contributed by atoms with Crippen LogP contribution in [0.3, 0.4) is 0 Å². The molecule has 0 radical (unpaired) electrons. The summed E-state index contributed by atoms with van der Waals surface area (Å²) in [7, 11) is 0. The van der Waals surface area contributed by atoms with Gasteiger partial charge in [-0.2, -0.15) is 0 Å². The van der Waals surface area contributed by atoms with Crippen LogP contribution >= 0.6 is 5.69 Å². The first kappa shape index (κ1) is 37.6. The number of hydrogen-bond acceptors (Lipinski definition) is 5. The van der Waals surface area contributed by atoms with E-state index in [4.69, 9.17) is 38.2 Å². The third-order valence-corrected chi connectivity index (χ3v) is 7.25. The van der Waals surface area contributed by atoms with Crippen molar-refractivity contribution in [3.05, 3.63) is 0 Å². The quantitative estimate of drug-likeness (QED) is 0.0615. The molecule has 0 saturated heterocycles. The first-order chi connectivity index (χ1) is 14.9. The van der Waals surface area contributed by atoms with Gasteiger partial charge >= 0.3 is 5.97 Å². The van der Waals surface area contributed by atoms with Crippen molar-refractivity contribution in [3.63, 3.8) is 0 Å². The molecule has 0 bridgehead atoms. The van der Waals surface area contributed by atoms with Gasteiger partial charge in [0, 0.05) is 25.9 Å². The maximum atomic E-state index is 10.0. The molecule has 4 nitrogen and oxygen atoms in total. The van der Waals surface area contributed by atoms with E-state index in [0.29, 0.717) is 19.6 Å². The monoisotopic (exact) mass is 561 g/mol. The standard InChI is InChI=1S/C16H35O2PS2.C8H16O2.Zn/c1-3-5-7-9-11-13-15-17-19(20,21)18-16-14-12-10-8-6-4-2;1-2-3-4-5-6-7-8(9)10;/h3-16H2,1-2H3,(H,20,21);2-7H2,1H3,(H,9,10);/p-1. The van der Waals surface area contributed by atoms with Gasteiger partial charge in [-0.1, -0.05) is 122 Å². The fraction of sp³-hybridized carbons (Fsp3) is 0.958. The van der Waals surface area contributed by atoms with Crippen LogP contribution < -0.4 is 0 Å². The second-order valence-corrected chi connectivity index (χ2v) is 13.2. The van der Waals surface area contributed by atoms with Crippen LogP contribution in [0.4, 0.5) is 0 Å². The molecule has 8 heteroatoms. The number of unbranched alkanes of at least 4 members (excludes halogenated alkanes) is 14. The first-order valence-electron chi connectivity index (χ1n) is 12.7. The van der Waals surface area contributed by atoms with E-state index in [9.17, 15) is 4.79 Å². The fourth-order valence-corrected chi connectivity index (χ4v) is 4.71. The maximum Gasteiger partial charge on any atom is 0.303 e. The Morgan fingerprint density at radius 1 is 0.688 bits per heavy atom. The molecule has 0 spiro atoms. The molecule has 0 aromatic rings. The summed E-state index contributed by atoms with van der Waals surface area (Å²) in [5, 5.41) is 8.27. The minimum Gasteiger partial charge on any atom is -0.691 e. The smallest absolute Gasteiger partial charge is 0.303 e. The molecule has 0 aliphatic heterocycles. The van der Waals surface area contributed by atoms with Crippen LogP contribution in [0.5, 0.6) is 0 Å². The minimum absolute atomic E-state index is 0. The van der Waals surface area contributed by atoms with Crippen LogP contribution in [0.15, 0.2) is 0 Å². The Morgan fingerprint density at radius 3 is 1.34 bits per heavy atom. The zero-order valence-electron chi connectivity index (χ0n) is 21.3. The predicted octanol–water partition coefficient (Wildman–Crippen LogP) is 8.94. The van der Waals surface area contributed by atoms with Gasteiger partial charge in [0.25, 0.3) is 0 Å². The summed E-state index contributed by atoms with van der Waals surface area (Å²) in [6.45, 7) is 7.96. The molecule has 1 N–H and O–H groups in total. The van der Waals surface area contributed by atoms with E-state index >= 15 is 0 Å². The molecular weight excluding hydrogens is 513 g/mol. The van der Waals surface area contributed by atoms with Crippen molar-refractivity contribution in [2.75, 3.05) is 13.2 Å². The number of carbonyl (C=O) groups is 1. The molecule has 0 aromatic heterocycles. The van der Waals surface area contributed by atoms with Gasteiger partial charge in [-0.15, -0.1) is 0 Å². The van der Waals surface area contributed by atoms with Crippen LogP contribution in [0.1, 0.15) is 136 Å². The van der Waals surface area contributed by atoms with E-state index in [1.165, 1.54) is 83.5 Å². The Morgan fingerprint density at radius 2 is 1.00 bits per heavy atom. The third kappa shape index (κ3) is 35.6. The molecule has 0 rings (SSSR count). The molecule has 190 valence electrons. The summed E-state index contributed by atoms with van der Waals surface area (Å²) in [5.41, 5.74) is -2.40. The second kappa shape index (κ2) is 30.0. The van der Waals surface area contributed by atoms with Crippen molar-refractivity contribution in [2.24, 2.45) is 0 Å². The molecule has 0 saturated carbocycles. The molecule has 0 amide bonds. The van der Waals surface area contributed by atoms with E-state index in [2.05, 4.69) is 20.8 Å². The number of aliphatic carboxylic acids is 1.